The van der Waals surface area contributed by atoms with E-state index < -0.39 is 0 Å². The van der Waals surface area contributed by atoms with Crippen LogP contribution in [0.5, 0.6) is 0 Å². The van der Waals surface area contributed by atoms with Crippen LogP contribution in [0.1, 0.15) is 12.8 Å². The van der Waals surface area contributed by atoms with Crippen LogP contribution in [0, 0.1) is 0 Å². The molecular formula is C7H17NO3. The number of aliphatic hydroxyl groups excluding tert-OH is 3. The lowest BCUT2D eigenvalue weighted by molar-refractivity contribution is 0.217. The summed E-state index contributed by atoms with van der Waals surface area (Å²) in [6, 6.07) is 0.122. The van der Waals surface area contributed by atoms with Crippen molar-refractivity contribution in [2.45, 2.75) is 18.9 Å². The highest BCUT2D eigenvalue weighted by molar-refractivity contribution is 4.64. The third-order valence-corrected chi connectivity index (χ3v) is 1.50. The van der Waals surface area contributed by atoms with Gasteiger partial charge in [-0.05, 0) is 12.8 Å². The molecule has 0 bridgehead atoms. The van der Waals surface area contributed by atoms with Crippen molar-refractivity contribution in [2.24, 2.45) is 0 Å². The van der Waals surface area contributed by atoms with Crippen molar-refractivity contribution in [3.05, 3.63) is 0 Å². The van der Waals surface area contributed by atoms with Gasteiger partial charge in [0, 0.05) is 25.8 Å². The summed E-state index contributed by atoms with van der Waals surface area (Å²) in [6.07, 6.45) is 1.25. The van der Waals surface area contributed by atoms with Crippen molar-refractivity contribution in [1.29, 1.82) is 0 Å². The predicted molar refractivity (Wildman–Crippen MR) is 42.3 cm³/mol. The Morgan fingerprint density at radius 2 is 1.45 bits per heavy atom. The van der Waals surface area contributed by atoms with Gasteiger partial charge in [-0.2, -0.15) is 0 Å². The minimum atomic E-state index is 0.0906. The van der Waals surface area contributed by atoms with Crippen molar-refractivity contribution >= 4 is 0 Å². The Morgan fingerprint density at radius 1 is 0.909 bits per heavy atom. The third-order valence-electron chi connectivity index (χ3n) is 1.50. The topological polar surface area (TPSA) is 72.7 Å². The first-order chi connectivity index (χ1) is 5.35. The van der Waals surface area contributed by atoms with E-state index in [0.717, 1.165) is 0 Å². The lowest BCUT2D eigenvalue weighted by atomic mass is 10.1. The van der Waals surface area contributed by atoms with Crippen molar-refractivity contribution < 1.29 is 15.3 Å². The number of hydrogen-bond donors (Lipinski definition) is 4. The molecule has 0 aromatic carbocycles. The lowest BCUT2D eigenvalue weighted by Gasteiger charge is -2.15. The molecule has 0 aliphatic rings. The molecule has 0 unspecified atom stereocenters. The summed E-state index contributed by atoms with van der Waals surface area (Å²) in [5, 5.41) is 28.6. The van der Waals surface area contributed by atoms with Gasteiger partial charge in [0.2, 0.25) is 0 Å². The van der Waals surface area contributed by atoms with Crippen molar-refractivity contribution in [3.63, 3.8) is 0 Å². The first kappa shape index (κ1) is 10.8. The zero-order valence-corrected chi connectivity index (χ0v) is 6.66. The second kappa shape index (κ2) is 7.94. The zero-order valence-electron chi connectivity index (χ0n) is 6.66. The van der Waals surface area contributed by atoms with Crippen molar-refractivity contribution in [1.82, 2.24) is 5.32 Å². The Hall–Kier alpha value is -0.160. The van der Waals surface area contributed by atoms with Gasteiger partial charge in [-0.3, -0.25) is 0 Å². The molecule has 0 aliphatic heterocycles. The first-order valence-electron chi connectivity index (χ1n) is 3.91. The Balaban J connectivity index is 3.34. The smallest absolute Gasteiger partial charge is 0.0556 e. The Morgan fingerprint density at radius 3 is 1.82 bits per heavy atom. The molecule has 68 valence electrons. The Labute approximate surface area is 66.9 Å². The maximum Gasteiger partial charge on any atom is 0.0556 e. The van der Waals surface area contributed by atoms with Gasteiger partial charge in [-0.25, -0.2) is 0 Å². The number of aliphatic hydroxyl groups is 3. The van der Waals surface area contributed by atoms with Crippen LogP contribution in [0.4, 0.5) is 0 Å². The summed E-state index contributed by atoms with van der Waals surface area (Å²) in [5.41, 5.74) is 0. The van der Waals surface area contributed by atoms with E-state index in [1.54, 1.807) is 0 Å². The Bertz CT molecular complexity index is 74.1. The summed E-state index contributed by atoms with van der Waals surface area (Å²) < 4.78 is 0. The van der Waals surface area contributed by atoms with Crippen molar-refractivity contribution in [2.75, 3.05) is 26.4 Å². The van der Waals surface area contributed by atoms with Gasteiger partial charge >= 0.3 is 0 Å². The van der Waals surface area contributed by atoms with Crippen LogP contribution in [0.2, 0.25) is 0 Å². The van der Waals surface area contributed by atoms with E-state index in [2.05, 4.69) is 5.32 Å². The fraction of sp³-hybridized carbons (Fsp3) is 1.00. The number of hydrogen-bond acceptors (Lipinski definition) is 4. The predicted octanol–water partition coefficient (Wildman–Crippen LogP) is -1.30. The van der Waals surface area contributed by atoms with E-state index in [-0.39, 0.29) is 25.9 Å². The van der Waals surface area contributed by atoms with Gasteiger partial charge in [0.15, 0.2) is 0 Å². The zero-order chi connectivity index (χ0) is 8.53. The fourth-order valence-corrected chi connectivity index (χ4v) is 0.929. The van der Waals surface area contributed by atoms with E-state index >= 15 is 0 Å². The second-order valence-corrected chi connectivity index (χ2v) is 2.40. The maximum absolute atomic E-state index is 8.58. The van der Waals surface area contributed by atoms with Gasteiger partial charge in [0.05, 0.1) is 6.61 Å². The minimum absolute atomic E-state index is 0.0906. The molecule has 0 heterocycles. The molecule has 0 rings (SSSR count). The standard InChI is InChI=1S/C7H17NO3/c9-4-1-7(2-5-10)8-3-6-11/h7-11H,1-6H2. The highest BCUT2D eigenvalue weighted by Crippen LogP contribution is 1.95. The minimum Gasteiger partial charge on any atom is -0.396 e. The number of rotatable bonds is 7. The summed E-state index contributed by atoms with van der Waals surface area (Å²) in [4.78, 5) is 0. The van der Waals surface area contributed by atoms with Crippen LogP contribution in [-0.4, -0.2) is 47.7 Å². The van der Waals surface area contributed by atoms with Crippen LogP contribution < -0.4 is 5.32 Å². The largest absolute Gasteiger partial charge is 0.396 e. The van der Waals surface area contributed by atoms with E-state index in [4.69, 9.17) is 15.3 Å². The number of nitrogens with one attached hydrogen (secondary N) is 1. The van der Waals surface area contributed by atoms with Gasteiger partial charge in [-0.15, -0.1) is 0 Å². The molecule has 0 aromatic heterocycles. The molecule has 0 aliphatic carbocycles. The highest BCUT2D eigenvalue weighted by Gasteiger charge is 2.04. The summed E-state index contributed by atoms with van der Waals surface area (Å²) >= 11 is 0. The maximum atomic E-state index is 8.58. The molecule has 0 aromatic rings. The second-order valence-electron chi connectivity index (χ2n) is 2.40. The SMILES string of the molecule is OCCNC(CCO)CCO. The average molecular weight is 163 g/mol. The van der Waals surface area contributed by atoms with Gasteiger partial charge in [0.1, 0.15) is 0 Å². The molecule has 0 amide bonds. The van der Waals surface area contributed by atoms with Gasteiger partial charge in [-0.1, -0.05) is 0 Å². The molecule has 0 saturated heterocycles. The molecule has 0 radical (unpaired) electrons. The van der Waals surface area contributed by atoms with E-state index in [1.807, 2.05) is 0 Å². The highest BCUT2D eigenvalue weighted by atomic mass is 16.3. The van der Waals surface area contributed by atoms with E-state index in [9.17, 15) is 0 Å². The van der Waals surface area contributed by atoms with Gasteiger partial charge < -0.3 is 20.6 Å². The van der Waals surface area contributed by atoms with Crippen LogP contribution in [-0.2, 0) is 0 Å². The van der Waals surface area contributed by atoms with Crippen LogP contribution in [0.25, 0.3) is 0 Å². The van der Waals surface area contributed by atoms with Crippen LogP contribution in [0.3, 0.4) is 0 Å². The first-order valence-corrected chi connectivity index (χ1v) is 3.91. The van der Waals surface area contributed by atoms with Gasteiger partial charge in [0.25, 0.3) is 0 Å². The molecule has 4 heteroatoms. The van der Waals surface area contributed by atoms with E-state index in [0.29, 0.717) is 19.4 Å². The average Bonchev–Trinajstić information content (AvgIpc) is 2.01. The van der Waals surface area contributed by atoms with E-state index in [1.165, 1.54) is 0 Å². The third kappa shape index (κ3) is 6.25. The fourth-order valence-electron chi connectivity index (χ4n) is 0.929. The molecule has 11 heavy (non-hydrogen) atoms. The molecule has 0 fully saturated rings. The molecule has 0 spiro atoms. The monoisotopic (exact) mass is 163 g/mol. The lowest BCUT2D eigenvalue weighted by Crippen LogP contribution is -2.33. The molecule has 4 nitrogen and oxygen atoms in total. The summed E-state index contributed by atoms with van der Waals surface area (Å²) in [5.74, 6) is 0. The summed E-state index contributed by atoms with van der Waals surface area (Å²) in [6.45, 7) is 0.838. The molecular weight excluding hydrogens is 146 g/mol. The molecule has 0 saturated carbocycles. The summed E-state index contributed by atoms with van der Waals surface area (Å²) in [7, 11) is 0. The van der Waals surface area contributed by atoms with Crippen LogP contribution >= 0.6 is 0 Å². The quantitative estimate of drug-likeness (QED) is 0.376. The molecule has 4 N–H and O–H groups in total. The van der Waals surface area contributed by atoms with Crippen molar-refractivity contribution in [3.8, 4) is 0 Å². The van der Waals surface area contributed by atoms with Crippen LogP contribution in [0.15, 0.2) is 0 Å². The Kier molecular flexibility index (Phi) is 7.83. The molecule has 0 atom stereocenters. The normalized spacial score (nSPS) is 10.9.